The summed E-state index contributed by atoms with van der Waals surface area (Å²) in [7, 11) is -3.06. The van der Waals surface area contributed by atoms with Gasteiger partial charge in [-0.15, -0.1) is 0 Å². The van der Waals surface area contributed by atoms with Crippen LogP contribution >= 0.6 is 0 Å². The topological polar surface area (TPSA) is 113 Å². The maximum atomic E-state index is 12.1. The van der Waals surface area contributed by atoms with Crippen LogP contribution in [0.1, 0.15) is 12.8 Å². The van der Waals surface area contributed by atoms with E-state index in [1.807, 2.05) is 0 Å². The second kappa shape index (κ2) is 5.96. The number of carboxylic acid groups (broad SMARTS) is 1. The van der Waals surface area contributed by atoms with E-state index < -0.39 is 27.9 Å². The molecule has 0 aromatic carbocycles. The Morgan fingerprint density at radius 1 is 1.40 bits per heavy atom. The molecule has 9 heteroatoms. The molecule has 0 aromatic rings. The lowest BCUT2D eigenvalue weighted by Gasteiger charge is -2.35. The highest BCUT2D eigenvalue weighted by atomic mass is 32.2. The summed E-state index contributed by atoms with van der Waals surface area (Å²) in [5, 5.41) is 11.5. The predicted octanol–water partition coefficient (Wildman–Crippen LogP) is -0.941. The third-order valence-corrected chi connectivity index (χ3v) is 5.23. The molecule has 2 aliphatic heterocycles. The molecule has 2 rings (SSSR count). The first kappa shape index (κ1) is 15.0. The maximum Gasteiger partial charge on any atom is 0.318 e. The largest absolute Gasteiger partial charge is 0.481 e. The van der Waals surface area contributed by atoms with Gasteiger partial charge in [-0.25, -0.2) is 13.2 Å². The molecule has 0 bridgehead atoms. The van der Waals surface area contributed by atoms with Gasteiger partial charge in [0.05, 0.1) is 37.2 Å². The number of hydrogen-bond donors (Lipinski definition) is 2. The number of ether oxygens (including phenoxy) is 1. The van der Waals surface area contributed by atoms with Crippen LogP contribution in [-0.4, -0.2) is 73.8 Å². The molecule has 8 nitrogen and oxygen atoms in total. The number of hydrogen-bond acceptors (Lipinski definition) is 5. The Kier molecular flexibility index (Phi) is 4.48. The average molecular weight is 306 g/mol. The van der Waals surface area contributed by atoms with E-state index >= 15 is 0 Å². The third-order valence-electron chi connectivity index (χ3n) is 3.46. The van der Waals surface area contributed by atoms with Gasteiger partial charge < -0.3 is 20.1 Å². The zero-order valence-corrected chi connectivity index (χ0v) is 11.8. The van der Waals surface area contributed by atoms with Crippen LogP contribution in [0.5, 0.6) is 0 Å². The molecule has 0 spiro atoms. The Balaban J connectivity index is 1.94. The number of carbonyl (C=O) groups is 2. The van der Waals surface area contributed by atoms with Crippen LogP contribution in [0.15, 0.2) is 0 Å². The van der Waals surface area contributed by atoms with Crippen LogP contribution in [-0.2, 0) is 19.4 Å². The summed E-state index contributed by atoms with van der Waals surface area (Å²) in [6.45, 7) is 0.846. The van der Waals surface area contributed by atoms with Crippen molar-refractivity contribution in [2.24, 2.45) is 0 Å². The Morgan fingerprint density at radius 3 is 2.75 bits per heavy atom. The second-order valence-corrected chi connectivity index (χ2v) is 7.30. The molecule has 0 aromatic heterocycles. The molecule has 0 aliphatic carbocycles. The van der Waals surface area contributed by atoms with Gasteiger partial charge in [-0.1, -0.05) is 0 Å². The summed E-state index contributed by atoms with van der Waals surface area (Å²) in [5.41, 5.74) is 0. The van der Waals surface area contributed by atoms with Gasteiger partial charge in [0.1, 0.15) is 0 Å². The Morgan fingerprint density at radius 2 is 2.15 bits per heavy atom. The molecule has 0 radical (unpaired) electrons. The number of carbonyl (C=O) groups excluding carboxylic acids is 1. The first-order valence-corrected chi connectivity index (χ1v) is 8.26. The van der Waals surface area contributed by atoms with E-state index in [0.29, 0.717) is 19.6 Å². The van der Waals surface area contributed by atoms with Crippen molar-refractivity contribution < 1.29 is 27.9 Å². The highest BCUT2D eigenvalue weighted by molar-refractivity contribution is 7.91. The predicted molar refractivity (Wildman–Crippen MR) is 69.2 cm³/mol. The molecule has 2 amide bonds. The lowest BCUT2D eigenvalue weighted by molar-refractivity contribution is -0.139. The fraction of sp³-hybridized carbons (Fsp3) is 0.818. The van der Waals surface area contributed by atoms with Crippen molar-refractivity contribution in [3.63, 3.8) is 0 Å². The first-order valence-electron chi connectivity index (χ1n) is 6.44. The second-order valence-electron chi connectivity index (χ2n) is 5.07. The van der Waals surface area contributed by atoms with Gasteiger partial charge in [-0.3, -0.25) is 4.79 Å². The van der Waals surface area contributed by atoms with Crippen LogP contribution in [0.4, 0.5) is 4.79 Å². The normalized spacial score (nSPS) is 29.1. The third kappa shape index (κ3) is 3.83. The Hall–Kier alpha value is -1.35. The zero-order valence-electron chi connectivity index (χ0n) is 10.9. The van der Waals surface area contributed by atoms with Gasteiger partial charge in [-0.2, -0.15) is 0 Å². The van der Waals surface area contributed by atoms with Crippen molar-refractivity contribution in [1.82, 2.24) is 10.2 Å². The number of amides is 2. The number of aliphatic carboxylic acids is 1. The van der Waals surface area contributed by atoms with E-state index in [2.05, 4.69) is 5.32 Å². The molecule has 2 aliphatic rings. The van der Waals surface area contributed by atoms with Gasteiger partial charge >= 0.3 is 12.0 Å². The minimum Gasteiger partial charge on any atom is -0.481 e. The molecule has 2 unspecified atom stereocenters. The average Bonchev–Trinajstić information content (AvgIpc) is 2.68. The summed E-state index contributed by atoms with van der Waals surface area (Å²) in [4.78, 5) is 24.3. The van der Waals surface area contributed by atoms with Crippen LogP contribution < -0.4 is 5.32 Å². The number of nitrogens with zero attached hydrogens (tertiary/aromatic N) is 1. The monoisotopic (exact) mass is 306 g/mol. The molecule has 2 fully saturated rings. The molecule has 20 heavy (non-hydrogen) atoms. The highest BCUT2D eigenvalue weighted by Gasteiger charge is 2.33. The van der Waals surface area contributed by atoms with Crippen molar-refractivity contribution >= 4 is 21.8 Å². The molecule has 0 saturated carbocycles. The lowest BCUT2D eigenvalue weighted by atomic mass is 10.1. The number of carboxylic acids is 1. The zero-order chi connectivity index (χ0) is 14.8. The quantitative estimate of drug-likeness (QED) is 0.695. The van der Waals surface area contributed by atoms with Crippen LogP contribution in [0.25, 0.3) is 0 Å². The van der Waals surface area contributed by atoms with Crippen LogP contribution in [0.3, 0.4) is 0 Å². The fourth-order valence-corrected chi connectivity index (χ4v) is 4.13. The van der Waals surface area contributed by atoms with E-state index in [0.717, 1.165) is 0 Å². The van der Waals surface area contributed by atoms with Crippen molar-refractivity contribution in [2.45, 2.75) is 24.9 Å². The number of morpholine rings is 1. The van der Waals surface area contributed by atoms with Gasteiger partial charge in [0.2, 0.25) is 0 Å². The molecule has 114 valence electrons. The van der Waals surface area contributed by atoms with Crippen molar-refractivity contribution in [1.29, 1.82) is 0 Å². The van der Waals surface area contributed by atoms with E-state index in [-0.39, 0.29) is 30.6 Å². The van der Waals surface area contributed by atoms with Crippen molar-refractivity contribution in [3.8, 4) is 0 Å². The van der Waals surface area contributed by atoms with E-state index in [1.54, 1.807) is 0 Å². The molecular weight excluding hydrogens is 288 g/mol. The minimum atomic E-state index is -3.06. The van der Waals surface area contributed by atoms with E-state index in [4.69, 9.17) is 9.84 Å². The minimum absolute atomic E-state index is 0.0489. The van der Waals surface area contributed by atoms with Crippen LogP contribution in [0, 0.1) is 0 Å². The summed E-state index contributed by atoms with van der Waals surface area (Å²) in [6, 6.07) is -1.32. The summed E-state index contributed by atoms with van der Waals surface area (Å²) in [6.07, 6.45) is 0.221. The van der Waals surface area contributed by atoms with Crippen molar-refractivity contribution in [2.75, 3.05) is 31.3 Å². The van der Waals surface area contributed by atoms with Gasteiger partial charge in [0, 0.05) is 12.6 Å². The summed E-state index contributed by atoms with van der Waals surface area (Å²) < 4.78 is 27.9. The summed E-state index contributed by atoms with van der Waals surface area (Å²) >= 11 is 0. The van der Waals surface area contributed by atoms with E-state index in [1.165, 1.54) is 4.90 Å². The molecule has 2 N–H and O–H groups in total. The van der Waals surface area contributed by atoms with Crippen LogP contribution in [0.2, 0.25) is 0 Å². The molecular formula is C11H18N2O6S. The van der Waals surface area contributed by atoms with Gasteiger partial charge in [0.15, 0.2) is 9.84 Å². The summed E-state index contributed by atoms with van der Waals surface area (Å²) in [5.74, 6) is -0.964. The Bertz CT molecular complexity index is 491. The number of urea groups is 1. The van der Waals surface area contributed by atoms with Gasteiger partial charge in [-0.05, 0) is 6.42 Å². The standard InChI is InChI=1S/C11H18N2O6S/c14-10(15)5-9-6-19-3-2-13(9)11(16)12-8-1-4-20(17,18)7-8/h8-9H,1-7H2,(H,12,16)(H,14,15). The van der Waals surface area contributed by atoms with E-state index in [9.17, 15) is 18.0 Å². The van der Waals surface area contributed by atoms with Gasteiger partial charge in [0.25, 0.3) is 0 Å². The number of rotatable bonds is 3. The highest BCUT2D eigenvalue weighted by Crippen LogP contribution is 2.14. The lowest BCUT2D eigenvalue weighted by Crippen LogP contribution is -2.55. The maximum absolute atomic E-state index is 12.1. The number of nitrogens with one attached hydrogen (secondary N) is 1. The van der Waals surface area contributed by atoms with Crippen molar-refractivity contribution in [3.05, 3.63) is 0 Å². The molecule has 2 saturated heterocycles. The smallest absolute Gasteiger partial charge is 0.318 e. The first-order chi connectivity index (χ1) is 9.37. The Labute approximate surface area is 117 Å². The molecule has 2 atom stereocenters. The SMILES string of the molecule is O=C(O)CC1COCCN1C(=O)NC1CCS(=O)(=O)C1. The molecule has 2 heterocycles. The fourth-order valence-electron chi connectivity index (χ4n) is 2.46. The number of sulfone groups is 1.